The average Bonchev–Trinajstić information content (AvgIpc) is 2.41. The fourth-order valence-corrected chi connectivity index (χ4v) is 2.08. The number of amidine groups is 1. The lowest BCUT2D eigenvalue weighted by atomic mass is 10.1. The molecular formula is C15H15BrN2O. The standard InChI is InChI=1S/C15H15BrN2O/c1-2-10-3-6-12(7-4-10)19-14-8-5-11(16)9-13(14)15(17)18/h3-9H,2H2,1H3,(H3,17,18). The molecule has 0 unspecified atom stereocenters. The lowest BCUT2D eigenvalue weighted by Gasteiger charge is -2.11. The Bertz CT molecular complexity index is 594. The van der Waals surface area contributed by atoms with Crippen molar-refractivity contribution in [1.82, 2.24) is 0 Å². The van der Waals surface area contributed by atoms with Gasteiger partial charge in [-0.25, -0.2) is 0 Å². The number of halogens is 1. The molecule has 0 amide bonds. The van der Waals surface area contributed by atoms with Gasteiger partial charge < -0.3 is 10.5 Å². The van der Waals surface area contributed by atoms with Crippen molar-refractivity contribution >= 4 is 21.8 Å². The number of ether oxygens (including phenoxy) is 1. The van der Waals surface area contributed by atoms with Crippen LogP contribution >= 0.6 is 15.9 Å². The molecule has 0 aromatic heterocycles. The molecular weight excluding hydrogens is 304 g/mol. The van der Waals surface area contributed by atoms with E-state index >= 15 is 0 Å². The van der Waals surface area contributed by atoms with Crippen molar-refractivity contribution in [2.45, 2.75) is 13.3 Å². The summed E-state index contributed by atoms with van der Waals surface area (Å²) in [6.45, 7) is 2.11. The minimum absolute atomic E-state index is 0.0125. The fraction of sp³-hybridized carbons (Fsp3) is 0.133. The molecule has 0 saturated carbocycles. The van der Waals surface area contributed by atoms with Crippen LogP contribution in [0.2, 0.25) is 0 Å². The summed E-state index contributed by atoms with van der Waals surface area (Å²) in [5.41, 5.74) is 7.40. The topological polar surface area (TPSA) is 59.1 Å². The molecule has 19 heavy (non-hydrogen) atoms. The molecule has 2 aromatic carbocycles. The molecule has 0 heterocycles. The quantitative estimate of drug-likeness (QED) is 0.659. The van der Waals surface area contributed by atoms with Crippen molar-refractivity contribution in [3.63, 3.8) is 0 Å². The van der Waals surface area contributed by atoms with Gasteiger partial charge in [-0.15, -0.1) is 0 Å². The average molecular weight is 319 g/mol. The summed E-state index contributed by atoms with van der Waals surface area (Å²) in [6, 6.07) is 13.3. The van der Waals surface area contributed by atoms with Crippen LogP contribution in [0.5, 0.6) is 11.5 Å². The maximum atomic E-state index is 7.58. The normalized spacial score (nSPS) is 10.2. The van der Waals surface area contributed by atoms with Gasteiger partial charge in [0.2, 0.25) is 0 Å². The van der Waals surface area contributed by atoms with Crippen LogP contribution in [-0.4, -0.2) is 5.84 Å². The third kappa shape index (κ3) is 3.35. The minimum atomic E-state index is -0.0125. The third-order valence-corrected chi connectivity index (χ3v) is 3.28. The van der Waals surface area contributed by atoms with E-state index in [1.54, 1.807) is 12.1 Å². The number of benzene rings is 2. The van der Waals surface area contributed by atoms with E-state index in [9.17, 15) is 0 Å². The smallest absolute Gasteiger partial charge is 0.138 e. The summed E-state index contributed by atoms with van der Waals surface area (Å²) in [5.74, 6) is 1.31. The van der Waals surface area contributed by atoms with Crippen LogP contribution in [0.15, 0.2) is 46.9 Å². The molecule has 0 aliphatic rings. The first-order valence-electron chi connectivity index (χ1n) is 6.01. The number of hydrogen-bond donors (Lipinski definition) is 2. The van der Waals surface area contributed by atoms with Crippen LogP contribution in [0.1, 0.15) is 18.1 Å². The zero-order valence-electron chi connectivity index (χ0n) is 10.6. The third-order valence-electron chi connectivity index (χ3n) is 2.79. The Kier molecular flexibility index (Phi) is 4.22. The van der Waals surface area contributed by atoms with Crippen LogP contribution in [-0.2, 0) is 6.42 Å². The number of rotatable bonds is 4. The van der Waals surface area contributed by atoms with E-state index in [1.807, 2.05) is 30.3 Å². The van der Waals surface area contributed by atoms with Gasteiger partial charge in [0.05, 0.1) is 5.56 Å². The molecule has 0 aliphatic carbocycles. The van der Waals surface area contributed by atoms with E-state index in [2.05, 4.69) is 22.9 Å². The van der Waals surface area contributed by atoms with Crippen LogP contribution in [0.25, 0.3) is 0 Å². The molecule has 0 fully saturated rings. The SMILES string of the molecule is CCc1ccc(Oc2ccc(Br)cc2C(=N)N)cc1. The number of nitrogen functional groups attached to an aromatic ring is 1. The van der Waals surface area contributed by atoms with Crippen molar-refractivity contribution in [3.05, 3.63) is 58.1 Å². The van der Waals surface area contributed by atoms with E-state index in [4.69, 9.17) is 15.9 Å². The molecule has 0 saturated heterocycles. The van der Waals surface area contributed by atoms with Gasteiger partial charge in [-0.3, -0.25) is 5.41 Å². The highest BCUT2D eigenvalue weighted by molar-refractivity contribution is 9.10. The van der Waals surface area contributed by atoms with Crippen molar-refractivity contribution < 1.29 is 4.74 Å². The van der Waals surface area contributed by atoms with Crippen LogP contribution < -0.4 is 10.5 Å². The van der Waals surface area contributed by atoms with Crippen LogP contribution in [0.3, 0.4) is 0 Å². The first-order chi connectivity index (χ1) is 9.10. The Balaban J connectivity index is 2.29. The van der Waals surface area contributed by atoms with Gasteiger partial charge in [0.15, 0.2) is 0 Å². The Hall–Kier alpha value is -1.81. The van der Waals surface area contributed by atoms with Crippen molar-refractivity contribution in [2.24, 2.45) is 5.73 Å². The first-order valence-corrected chi connectivity index (χ1v) is 6.80. The lowest BCUT2D eigenvalue weighted by molar-refractivity contribution is 0.481. The summed E-state index contributed by atoms with van der Waals surface area (Å²) in [5, 5.41) is 7.58. The number of aryl methyl sites for hydroxylation is 1. The predicted octanol–water partition coefficient (Wildman–Crippen LogP) is 4.09. The highest BCUT2D eigenvalue weighted by Gasteiger charge is 2.08. The highest BCUT2D eigenvalue weighted by atomic mass is 79.9. The second-order valence-electron chi connectivity index (χ2n) is 4.15. The van der Waals surface area contributed by atoms with Gasteiger partial charge >= 0.3 is 0 Å². The Morgan fingerprint density at radius 1 is 1.21 bits per heavy atom. The van der Waals surface area contributed by atoms with E-state index in [-0.39, 0.29) is 5.84 Å². The maximum absolute atomic E-state index is 7.58. The van der Waals surface area contributed by atoms with E-state index in [1.165, 1.54) is 5.56 Å². The van der Waals surface area contributed by atoms with E-state index in [0.29, 0.717) is 11.3 Å². The van der Waals surface area contributed by atoms with Crippen LogP contribution in [0, 0.1) is 5.41 Å². The largest absolute Gasteiger partial charge is 0.457 e. The molecule has 98 valence electrons. The summed E-state index contributed by atoms with van der Waals surface area (Å²) in [6.07, 6.45) is 0.997. The van der Waals surface area contributed by atoms with Gasteiger partial charge in [0.25, 0.3) is 0 Å². The lowest BCUT2D eigenvalue weighted by Crippen LogP contribution is -2.12. The van der Waals surface area contributed by atoms with Gasteiger partial charge in [-0.1, -0.05) is 35.0 Å². The molecule has 4 heteroatoms. The second kappa shape index (κ2) is 5.89. The number of nitrogens with two attached hydrogens (primary N) is 1. The van der Waals surface area contributed by atoms with Crippen molar-refractivity contribution in [2.75, 3.05) is 0 Å². The summed E-state index contributed by atoms with van der Waals surface area (Å²) < 4.78 is 6.65. The Morgan fingerprint density at radius 2 is 1.89 bits per heavy atom. The van der Waals surface area contributed by atoms with Crippen LogP contribution in [0.4, 0.5) is 0 Å². The summed E-state index contributed by atoms with van der Waals surface area (Å²) in [7, 11) is 0. The zero-order chi connectivity index (χ0) is 13.8. The molecule has 2 aromatic rings. The molecule has 0 spiro atoms. The molecule has 0 radical (unpaired) electrons. The molecule has 3 N–H and O–H groups in total. The molecule has 0 atom stereocenters. The van der Waals surface area contributed by atoms with Gasteiger partial charge in [0.1, 0.15) is 17.3 Å². The molecule has 0 bridgehead atoms. The van der Waals surface area contributed by atoms with Crippen molar-refractivity contribution in [3.8, 4) is 11.5 Å². The highest BCUT2D eigenvalue weighted by Crippen LogP contribution is 2.28. The monoisotopic (exact) mass is 318 g/mol. The predicted molar refractivity (Wildman–Crippen MR) is 81.1 cm³/mol. The van der Waals surface area contributed by atoms with Crippen molar-refractivity contribution in [1.29, 1.82) is 5.41 Å². The maximum Gasteiger partial charge on any atom is 0.138 e. The second-order valence-corrected chi connectivity index (χ2v) is 5.07. The van der Waals surface area contributed by atoms with Gasteiger partial charge in [-0.2, -0.15) is 0 Å². The van der Waals surface area contributed by atoms with E-state index in [0.717, 1.165) is 16.6 Å². The molecule has 3 nitrogen and oxygen atoms in total. The Morgan fingerprint density at radius 3 is 2.47 bits per heavy atom. The first kappa shape index (κ1) is 13.6. The van der Waals surface area contributed by atoms with Gasteiger partial charge in [0, 0.05) is 4.47 Å². The Labute approximate surface area is 121 Å². The van der Waals surface area contributed by atoms with Gasteiger partial charge in [-0.05, 0) is 42.3 Å². The zero-order valence-corrected chi connectivity index (χ0v) is 12.2. The number of hydrogen-bond acceptors (Lipinski definition) is 2. The molecule has 2 rings (SSSR count). The fourth-order valence-electron chi connectivity index (χ4n) is 1.72. The number of nitrogens with one attached hydrogen (secondary N) is 1. The summed E-state index contributed by atoms with van der Waals surface area (Å²) in [4.78, 5) is 0. The summed E-state index contributed by atoms with van der Waals surface area (Å²) >= 11 is 3.36. The van der Waals surface area contributed by atoms with E-state index < -0.39 is 0 Å². The minimum Gasteiger partial charge on any atom is -0.457 e. The molecule has 0 aliphatic heterocycles.